The molecule has 1 saturated heterocycles. The van der Waals surface area contributed by atoms with Gasteiger partial charge < -0.3 is 141 Å². The first-order chi connectivity index (χ1) is 34.2. The Hall–Kier alpha value is -2.22. The lowest BCUT2D eigenvalue weighted by atomic mass is 10.2. The Kier molecular flexibility index (Phi) is 83.2. The van der Waals surface area contributed by atoms with Crippen molar-refractivity contribution < 1.29 is 227 Å². The van der Waals surface area contributed by atoms with E-state index in [0.29, 0.717) is 34.5 Å². The van der Waals surface area contributed by atoms with E-state index >= 15 is 0 Å². The van der Waals surface area contributed by atoms with E-state index in [-0.39, 0.29) is 99.7 Å². The highest BCUT2D eigenvalue weighted by molar-refractivity contribution is 8.72. The van der Waals surface area contributed by atoms with Crippen LogP contribution in [-0.2, 0) is 77.8 Å². The third-order valence-corrected chi connectivity index (χ3v) is 14.1. The van der Waals surface area contributed by atoms with E-state index < -0.39 is 132 Å². The predicted octanol–water partition coefficient (Wildman–Crippen LogP) is -23.9. The SMILES string of the molecule is CC(=O)C(=O)O.CC(NC(CS)COO)C(=O)O.CC(O)C(=O)O.CC1(C(=O)O)NC(COO)CS1.CCC([NH3+])C(=O)O.[Cl-].[Cl-].[Cl-].[Cl-].[Cl-].[NH3+]C(COO)CSS(=O)(=O)CC([NH3+])C(=O)O.[NH3+]C(CS(=O)[O-])C(=O)O.[NH3+]C(CS)C(=O)O. The molecule has 1 rings (SSSR count). The Balaban J connectivity index is -0.0000000670. The molecular weight excluding hydrogens is 1320 g/mol. The smallest absolute Gasteiger partial charge is 0.371 e. The number of carbonyl (C=O) groups is 9. The van der Waals surface area contributed by atoms with E-state index in [0.717, 1.165) is 6.92 Å². The Bertz CT molecular complexity index is 1790. The molecule has 0 radical (unpaired) electrons. The molecule has 0 spiro atoms. The summed E-state index contributed by atoms with van der Waals surface area (Å²) in [7, 11) is -2.96. The summed E-state index contributed by atoms with van der Waals surface area (Å²) in [6.07, 6.45) is -0.625. The van der Waals surface area contributed by atoms with Gasteiger partial charge in [-0.15, -0.1) is 11.8 Å². The highest BCUT2D eigenvalue weighted by atomic mass is 35.5. The lowest BCUT2D eigenvalue weighted by molar-refractivity contribution is -0.436. The van der Waals surface area contributed by atoms with Crippen molar-refractivity contribution in [1.29, 1.82) is 0 Å². The van der Waals surface area contributed by atoms with Gasteiger partial charge in [0.25, 0.3) is 0 Å². The number of Topliss-reactive ketones (excluding diaryl/α,β-unsaturated/α-hetero) is 1. The van der Waals surface area contributed by atoms with Gasteiger partial charge in [0.2, 0.25) is 14.7 Å². The van der Waals surface area contributed by atoms with E-state index in [1.165, 1.54) is 25.6 Å². The van der Waals surface area contributed by atoms with Crippen LogP contribution in [0.15, 0.2) is 0 Å². The monoisotopic (exact) mass is 1400 g/mol. The maximum atomic E-state index is 11.4. The van der Waals surface area contributed by atoms with Gasteiger partial charge in [-0.3, -0.25) is 40.2 Å². The van der Waals surface area contributed by atoms with Crippen LogP contribution in [-0.4, -0.2) is 246 Å². The molecule has 1 fully saturated rings. The summed E-state index contributed by atoms with van der Waals surface area (Å²) in [6.45, 7) is 7.18. The number of carboxylic acid groups (broad SMARTS) is 8. The number of thiol groups is 2. The summed E-state index contributed by atoms with van der Waals surface area (Å²) in [5.74, 6) is -8.89. The second kappa shape index (κ2) is 62.8. The van der Waals surface area contributed by atoms with Gasteiger partial charge >= 0.3 is 47.8 Å². The standard InChI is InChI=1S/C6H14N2O6S2.C6H11NO4S.C6H13NO4S.C4H9NO2.C3H7NO4S.C3H7NO2S.C3H6O3.C3H4O3.5ClH/c7-4(1-14-11)2-15-16(12,13)3-5(8)6(9)10;1-6(5(8)9)7-4(2-11-10)3-12-6;1-4(6(8)9)7-5(3-12)2-11-10;1-2-3(5)4(6)7;4-2(3(5)6)1-9(7)8;4-2(1-7)3(5)6;2*1-2(4)3(5)6;;;;;/h4-5,11H,1-3,7-8H2,(H,9,10);4,7,10H,2-3H2,1H3,(H,8,9);4-5,7,10,12H,2-3H2,1H3,(H,8,9);3H,2,5H2,1H3,(H,6,7);2H,1,4H2,(H,5,6)(H,7,8);2,7H,1,4H2,(H,5,6);2,4H,1H3,(H,5,6);1H3,(H,5,6);5*1H/p-1. The molecule has 1 heterocycles. The minimum absolute atomic E-state index is 0. The number of halogens is 5. The molecule has 46 heteroatoms. The largest absolute Gasteiger partial charge is 1.00 e. The number of aliphatic hydroxyl groups excluding tert-OH is 1. The summed E-state index contributed by atoms with van der Waals surface area (Å²) >= 11 is 6.65. The third-order valence-electron chi connectivity index (χ3n) is 7.39. The molecule has 0 aromatic rings. The van der Waals surface area contributed by atoms with Crippen molar-refractivity contribution in [3.63, 3.8) is 0 Å². The third kappa shape index (κ3) is 71.9. The Morgan fingerprint density at radius 1 is 0.738 bits per heavy atom. The van der Waals surface area contributed by atoms with Gasteiger partial charge in [-0.2, -0.15) is 25.3 Å². The first-order valence-electron chi connectivity index (χ1n) is 20.5. The van der Waals surface area contributed by atoms with E-state index in [2.05, 4.69) is 79.2 Å². The second-order valence-corrected chi connectivity index (χ2v) is 21.8. The molecule has 0 aromatic carbocycles. The van der Waals surface area contributed by atoms with Crippen LogP contribution in [0.3, 0.4) is 0 Å². The van der Waals surface area contributed by atoms with Crippen LogP contribution in [0.5, 0.6) is 0 Å². The van der Waals surface area contributed by atoms with Crippen LogP contribution in [0.25, 0.3) is 0 Å². The summed E-state index contributed by atoms with van der Waals surface area (Å²) in [5.41, 5.74) is 16.5. The molecule has 0 saturated carbocycles. The Labute approximate surface area is 510 Å². The summed E-state index contributed by atoms with van der Waals surface area (Å²) in [5, 5.41) is 103. The van der Waals surface area contributed by atoms with Crippen molar-refractivity contribution in [2.24, 2.45) is 0 Å². The minimum atomic E-state index is -3.54. The summed E-state index contributed by atoms with van der Waals surface area (Å²) in [6, 6.07) is -4.65. The Morgan fingerprint density at radius 2 is 1.14 bits per heavy atom. The van der Waals surface area contributed by atoms with E-state index in [4.69, 9.17) is 61.7 Å². The van der Waals surface area contributed by atoms with E-state index in [1.54, 1.807) is 13.8 Å². The molecule has 1 aliphatic rings. The molecule has 0 amide bonds. The van der Waals surface area contributed by atoms with Crippen molar-refractivity contribution in [1.82, 2.24) is 10.6 Å². The lowest BCUT2D eigenvalue weighted by Gasteiger charge is -2.18. The maximum Gasteiger partial charge on any atom is 0.371 e. The van der Waals surface area contributed by atoms with Crippen molar-refractivity contribution in [3.8, 4) is 0 Å². The predicted molar refractivity (Wildman–Crippen MR) is 265 cm³/mol. The molecule has 0 aliphatic carbocycles. The molecule has 11 atom stereocenters. The normalized spacial score (nSPS) is 16.6. The van der Waals surface area contributed by atoms with Crippen LogP contribution in [0.2, 0.25) is 0 Å². The number of carboxylic acids is 8. The van der Waals surface area contributed by atoms with Crippen LogP contribution in [0, 0.1) is 0 Å². The number of aliphatic carboxylic acids is 8. The number of ketones is 1. The van der Waals surface area contributed by atoms with Gasteiger partial charge in [0.05, 0.1) is 30.5 Å². The maximum absolute atomic E-state index is 11.4. The molecule has 11 unspecified atom stereocenters. The fourth-order valence-electron chi connectivity index (χ4n) is 2.92. The van der Waals surface area contributed by atoms with Gasteiger partial charge in [0, 0.05) is 36.9 Å². The van der Waals surface area contributed by atoms with Gasteiger partial charge in [0.15, 0.2) is 29.0 Å². The van der Waals surface area contributed by atoms with E-state index in [9.17, 15) is 60.3 Å². The topological polar surface area (TPSA) is 661 Å². The van der Waals surface area contributed by atoms with Crippen molar-refractivity contribution in [2.45, 2.75) is 100 Å². The highest BCUT2D eigenvalue weighted by Gasteiger charge is 2.41. The molecule has 29 N–H and O–H groups in total. The van der Waals surface area contributed by atoms with Crippen molar-refractivity contribution >= 4 is 121 Å². The molecule has 486 valence electrons. The number of aliphatic hydroxyl groups is 1. The number of nitrogens with one attached hydrogen (secondary N) is 2. The molecule has 80 heavy (non-hydrogen) atoms. The summed E-state index contributed by atoms with van der Waals surface area (Å²) < 4.78 is 42.4. The number of thioether (sulfide) groups is 1. The molecular formula is C34H75Cl5N7O28S6-. The lowest BCUT2D eigenvalue weighted by Crippen LogP contribution is -3.00. The average molecular weight is 1400 g/mol. The Morgan fingerprint density at radius 3 is 1.35 bits per heavy atom. The number of quaternary nitrogens is 5. The first-order valence-corrected chi connectivity index (χ1v) is 27.1. The quantitative estimate of drug-likeness (QED) is 0.00955. The zero-order valence-corrected chi connectivity index (χ0v) is 52.0. The second-order valence-electron chi connectivity index (χ2n) is 14.4. The number of hydrogen-bond acceptors (Lipinski definition) is 26. The minimum Gasteiger partial charge on any atom is -1.00 e. The van der Waals surface area contributed by atoms with Crippen LogP contribution in [0.1, 0.15) is 41.0 Å². The fourth-order valence-corrected chi connectivity index (χ4v) is 8.05. The van der Waals surface area contributed by atoms with Gasteiger partial charge in [0.1, 0.15) is 30.5 Å². The van der Waals surface area contributed by atoms with Crippen LogP contribution in [0.4, 0.5) is 0 Å². The van der Waals surface area contributed by atoms with Crippen LogP contribution >= 0.6 is 47.8 Å². The molecule has 1 aliphatic heterocycles. The summed E-state index contributed by atoms with van der Waals surface area (Å²) in [4.78, 5) is 100. The van der Waals surface area contributed by atoms with Crippen molar-refractivity contribution in [3.05, 3.63) is 0 Å². The van der Waals surface area contributed by atoms with Gasteiger partial charge in [-0.05, 0) is 42.6 Å². The fraction of sp³-hybridized carbons (Fsp3) is 0.735. The highest BCUT2D eigenvalue weighted by Crippen LogP contribution is 2.30. The molecule has 0 aromatic heterocycles. The van der Waals surface area contributed by atoms with Crippen LogP contribution < -0.4 is 101 Å². The molecule has 35 nitrogen and oxygen atoms in total. The van der Waals surface area contributed by atoms with Crippen molar-refractivity contribution in [2.75, 3.05) is 54.3 Å². The molecule has 0 bridgehead atoms. The number of carbonyl (C=O) groups excluding carboxylic acids is 1. The van der Waals surface area contributed by atoms with Gasteiger partial charge in [-0.1, -0.05) is 6.92 Å². The van der Waals surface area contributed by atoms with E-state index in [1.807, 2.05) is 0 Å². The zero-order valence-electron chi connectivity index (χ0n) is 43.1. The first kappa shape index (κ1) is 106. The number of hydrogen-bond donors (Lipinski definition) is 21. The average Bonchev–Trinajstić information content (AvgIpc) is 3.70. The van der Waals surface area contributed by atoms with Gasteiger partial charge in [-0.25, -0.2) is 56.6 Å². The zero-order chi connectivity index (χ0) is 61.0. The number of rotatable bonds is 26.